The molecule has 0 bridgehead atoms. The summed E-state index contributed by atoms with van der Waals surface area (Å²) in [6, 6.07) is 0. The van der Waals surface area contributed by atoms with E-state index in [0.717, 1.165) is 19.3 Å². The van der Waals surface area contributed by atoms with Gasteiger partial charge in [-0.2, -0.15) is 4.98 Å². The summed E-state index contributed by atoms with van der Waals surface area (Å²) in [5.74, 6) is 0.615. The standard InChI is InChI=1S/C15H24N4O3/c1-10(2)13-17-12(22-19-13)7-6-11(20)18-15(14(16)21)8-4-3-5-9-15/h10H,3-9H2,1-2H3,(H2,16,21)(H,18,20). The Balaban J connectivity index is 1.89. The third kappa shape index (κ3) is 3.84. The average Bonchev–Trinajstić information content (AvgIpc) is 2.95. The van der Waals surface area contributed by atoms with Crippen LogP contribution in [0.1, 0.15) is 70.0 Å². The van der Waals surface area contributed by atoms with Crippen LogP contribution in [-0.2, 0) is 16.0 Å². The van der Waals surface area contributed by atoms with Crippen molar-refractivity contribution < 1.29 is 14.1 Å². The maximum Gasteiger partial charge on any atom is 0.243 e. The third-order valence-electron chi connectivity index (χ3n) is 4.12. The Morgan fingerprint density at radius 2 is 2.00 bits per heavy atom. The zero-order chi connectivity index (χ0) is 16.2. The second-order valence-electron chi connectivity index (χ2n) is 6.26. The minimum atomic E-state index is -0.882. The van der Waals surface area contributed by atoms with E-state index in [9.17, 15) is 9.59 Å². The summed E-state index contributed by atoms with van der Waals surface area (Å²) in [6.45, 7) is 3.95. The minimum absolute atomic E-state index is 0.187. The third-order valence-corrected chi connectivity index (χ3v) is 4.12. The van der Waals surface area contributed by atoms with Crippen LogP contribution in [-0.4, -0.2) is 27.5 Å². The normalized spacial score (nSPS) is 17.4. The van der Waals surface area contributed by atoms with Crippen molar-refractivity contribution in [3.8, 4) is 0 Å². The van der Waals surface area contributed by atoms with Crippen molar-refractivity contribution in [2.24, 2.45) is 5.73 Å². The highest BCUT2D eigenvalue weighted by molar-refractivity contribution is 5.90. The highest BCUT2D eigenvalue weighted by Crippen LogP contribution is 2.28. The molecule has 0 unspecified atom stereocenters. The summed E-state index contributed by atoms with van der Waals surface area (Å²) in [7, 11) is 0. The molecule has 0 aromatic carbocycles. The Labute approximate surface area is 130 Å². The SMILES string of the molecule is CC(C)c1noc(CCC(=O)NC2(C(N)=O)CCCCC2)n1. The van der Waals surface area contributed by atoms with E-state index in [0.29, 0.717) is 31.0 Å². The molecule has 1 aromatic heterocycles. The fourth-order valence-corrected chi connectivity index (χ4v) is 2.74. The van der Waals surface area contributed by atoms with Gasteiger partial charge in [-0.3, -0.25) is 9.59 Å². The second-order valence-corrected chi connectivity index (χ2v) is 6.26. The lowest BCUT2D eigenvalue weighted by molar-refractivity contribution is -0.133. The van der Waals surface area contributed by atoms with Crippen LogP contribution in [0, 0.1) is 0 Å². The molecule has 122 valence electrons. The smallest absolute Gasteiger partial charge is 0.243 e. The van der Waals surface area contributed by atoms with Crippen LogP contribution >= 0.6 is 0 Å². The van der Waals surface area contributed by atoms with Gasteiger partial charge in [-0.1, -0.05) is 38.3 Å². The average molecular weight is 308 g/mol. The molecule has 1 fully saturated rings. The zero-order valence-corrected chi connectivity index (χ0v) is 13.2. The lowest BCUT2D eigenvalue weighted by Gasteiger charge is -2.35. The van der Waals surface area contributed by atoms with Gasteiger partial charge in [-0.25, -0.2) is 0 Å². The van der Waals surface area contributed by atoms with Crippen molar-refractivity contribution in [2.75, 3.05) is 0 Å². The predicted molar refractivity (Wildman–Crippen MR) is 79.9 cm³/mol. The van der Waals surface area contributed by atoms with E-state index in [2.05, 4.69) is 15.5 Å². The first-order chi connectivity index (χ1) is 10.4. The molecule has 0 aliphatic heterocycles. The summed E-state index contributed by atoms with van der Waals surface area (Å²) in [6.07, 6.45) is 4.69. The molecule has 0 saturated heterocycles. The predicted octanol–water partition coefficient (Wildman–Crippen LogP) is 1.43. The molecule has 1 saturated carbocycles. The summed E-state index contributed by atoms with van der Waals surface area (Å²) in [5.41, 5.74) is 4.62. The summed E-state index contributed by atoms with van der Waals surface area (Å²) in [5, 5.41) is 6.69. The van der Waals surface area contributed by atoms with Crippen molar-refractivity contribution >= 4 is 11.8 Å². The summed E-state index contributed by atoms with van der Waals surface area (Å²) >= 11 is 0. The van der Waals surface area contributed by atoms with Crippen LogP contribution < -0.4 is 11.1 Å². The van der Waals surface area contributed by atoms with Crippen LogP contribution in [0.15, 0.2) is 4.52 Å². The number of hydrogen-bond donors (Lipinski definition) is 2. The van der Waals surface area contributed by atoms with Gasteiger partial charge in [0.2, 0.25) is 17.7 Å². The largest absolute Gasteiger partial charge is 0.368 e. The number of carbonyl (C=O) groups is 2. The molecule has 0 spiro atoms. The fourth-order valence-electron chi connectivity index (χ4n) is 2.74. The monoisotopic (exact) mass is 308 g/mol. The molecular weight excluding hydrogens is 284 g/mol. The Morgan fingerprint density at radius 1 is 1.32 bits per heavy atom. The lowest BCUT2D eigenvalue weighted by atomic mass is 9.81. The van der Waals surface area contributed by atoms with Gasteiger partial charge >= 0.3 is 0 Å². The molecule has 1 aliphatic carbocycles. The first-order valence-electron chi connectivity index (χ1n) is 7.86. The number of nitrogens with one attached hydrogen (secondary N) is 1. The minimum Gasteiger partial charge on any atom is -0.368 e. The number of rotatable bonds is 6. The molecule has 2 amide bonds. The fraction of sp³-hybridized carbons (Fsp3) is 0.733. The first-order valence-corrected chi connectivity index (χ1v) is 7.86. The van der Waals surface area contributed by atoms with Crippen LogP contribution in [0.2, 0.25) is 0 Å². The van der Waals surface area contributed by atoms with Crippen LogP contribution in [0.5, 0.6) is 0 Å². The van der Waals surface area contributed by atoms with E-state index >= 15 is 0 Å². The second kappa shape index (κ2) is 6.89. The molecule has 1 aliphatic rings. The van der Waals surface area contributed by atoms with Gasteiger partial charge < -0.3 is 15.6 Å². The Morgan fingerprint density at radius 3 is 2.55 bits per heavy atom. The zero-order valence-electron chi connectivity index (χ0n) is 13.2. The molecule has 2 rings (SSSR count). The van der Waals surface area contributed by atoms with Crippen molar-refractivity contribution in [1.82, 2.24) is 15.5 Å². The quantitative estimate of drug-likeness (QED) is 0.825. The molecule has 7 nitrogen and oxygen atoms in total. The molecule has 0 radical (unpaired) electrons. The van der Waals surface area contributed by atoms with Crippen LogP contribution in [0.3, 0.4) is 0 Å². The number of carbonyl (C=O) groups excluding carboxylic acids is 2. The number of aromatic nitrogens is 2. The maximum absolute atomic E-state index is 12.1. The first kappa shape index (κ1) is 16.5. The van der Waals surface area contributed by atoms with Crippen molar-refractivity contribution in [1.29, 1.82) is 0 Å². The van der Waals surface area contributed by atoms with Crippen molar-refractivity contribution in [2.45, 2.75) is 70.3 Å². The number of amides is 2. The van der Waals surface area contributed by atoms with E-state index in [1.165, 1.54) is 0 Å². The molecule has 1 heterocycles. The van der Waals surface area contributed by atoms with Gasteiger partial charge in [0.25, 0.3) is 0 Å². The van der Waals surface area contributed by atoms with E-state index < -0.39 is 11.4 Å². The van der Waals surface area contributed by atoms with E-state index in [-0.39, 0.29) is 18.2 Å². The number of nitrogens with two attached hydrogens (primary N) is 1. The molecule has 3 N–H and O–H groups in total. The van der Waals surface area contributed by atoms with Crippen molar-refractivity contribution in [3.05, 3.63) is 11.7 Å². The number of primary amides is 1. The Hall–Kier alpha value is -1.92. The Bertz CT molecular complexity index is 533. The van der Waals surface area contributed by atoms with Crippen LogP contribution in [0.4, 0.5) is 0 Å². The van der Waals surface area contributed by atoms with Crippen LogP contribution in [0.25, 0.3) is 0 Å². The molecular formula is C15H24N4O3. The number of nitrogens with zero attached hydrogens (tertiary/aromatic N) is 2. The number of aryl methyl sites for hydroxylation is 1. The van der Waals surface area contributed by atoms with Gasteiger partial charge in [-0.05, 0) is 12.8 Å². The molecule has 1 aromatic rings. The highest BCUT2D eigenvalue weighted by atomic mass is 16.5. The molecule has 22 heavy (non-hydrogen) atoms. The summed E-state index contributed by atoms with van der Waals surface area (Å²) in [4.78, 5) is 28.1. The van der Waals surface area contributed by atoms with E-state index in [4.69, 9.17) is 10.3 Å². The van der Waals surface area contributed by atoms with E-state index in [1.807, 2.05) is 13.8 Å². The highest BCUT2D eigenvalue weighted by Gasteiger charge is 2.39. The Kier molecular flexibility index (Phi) is 5.15. The van der Waals surface area contributed by atoms with Gasteiger partial charge in [-0.15, -0.1) is 0 Å². The van der Waals surface area contributed by atoms with Gasteiger partial charge in [0.05, 0.1) is 0 Å². The topological polar surface area (TPSA) is 111 Å². The van der Waals surface area contributed by atoms with Crippen molar-refractivity contribution in [3.63, 3.8) is 0 Å². The molecule has 0 atom stereocenters. The number of hydrogen-bond acceptors (Lipinski definition) is 5. The molecule has 7 heteroatoms. The van der Waals surface area contributed by atoms with Gasteiger partial charge in [0.1, 0.15) is 5.54 Å². The maximum atomic E-state index is 12.1. The summed E-state index contributed by atoms with van der Waals surface area (Å²) < 4.78 is 5.11. The van der Waals surface area contributed by atoms with Gasteiger partial charge in [0, 0.05) is 18.8 Å². The van der Waals surface area contributed by atoms with Gasteiger partial charge in [0.15, 0.2) is 5.82 Å². The lowest BCUT2D eigenvalue weighted by Crippen LogP contribution is -2.58. The van der Waals surface area contributed by atoms with E-state index in [1.54, 1.807) is 0 Å².